The van der Waals surface area contributed by atoms with Crippen molar-refractivity contribution in [1.82, 2.24) is 14.7 Å². The molecule has 38 heavy (non-hydrogen) atoms. The number of carbonyl (C=O) groups is 2. The first-order valence-corrected chi connectivity index (χ1v) is 12.7. The van der Waals surface area contributed by atoms with E-state index in [4.69, 9.17) is 10.5 Å². The van der Waals surface area contributed by atoms with Crippen molar-refractivity contribution in [1.29, 1.82) is 0 Å². The van der Waals surface area contributed by atoms with E-state index >= 15 is 8.78 Å². The molecule has 2 fully saturated rings. The normalized spacial score (nSPS) is 20.1. The van der Waals surface area contributed by atoms with Crippen molar-refractivity contribution in [2.45, 2.75) is 50.7 Å². The molecule has 0 spiro atoms. The summed E-state index contributed by atoms with van der Waals surface area (Å²) in [7, 11) is 3.19. The maximum absolute atomic E-state index is 15.3. The summed E-state index contributed by atoms with van der Waals surface area (Å²) in [4.78, 5) is 28.7. The molecule has 5 rings (SSSR count). The number of benzene rings is 1. The summed E-state index contributed by atoms with van der Waals surface area (Å²) in [6.07, 6.45) is 2.88. The van der Waals surface area contributed by atoms with Gasteiger partial charge < -0.3 is 30.9 Å². The number of ether oxygens (including phenoxy) is 1. The molecule has 12 heteroatoms. The van der Waals surface area contributed by atoms with Crippen LogP contribution in [0, 0.1) is 23.5 Å². The highest BCUT2D eigenvalue weighted by atomic mass is 19.1. The number of hydrogen-bond acceptors (Lipinski definition) is 7. The zero-order chi connectivity index (χ0) is 27.1. The van der Waals surface area contributed by atoms with Crippen LogP contribution in [-0.4, -0.2) is 72.6 Å². The average molecular weight is 528 g/mol. The molecule has 2 amide bonds. The molecule has 4 N–H and O–H groups in total. The lowest BCUT2D eigenvalue weighted by Crippen LogP contribution is -2.37. The second-order valence-electron chi connectivity index (χ2n) is 9.76. The van der Waals surface area contributed by atoms with Crippen molar-refractivity contribution in [2.24, 2.45) is 5.73 Å². The van der Waals surface area contributed by atoms with Crippen LogP contribution in [0.3, 0.4) is 0 Å². The summed E-state index contributed by atoms with van der Waals surface area (Å²) in [6.45, 7) is 2.93. The van der Waals surface area contributed by atoms with E-state index in [2.05, 4.69) is 27.6 Å². The van der Waals surface area contributed by atoms with Gasteiger partial charge in [-0.25, -0.2) is 13.5 Å². The summed E-state index contributed by atoms with van der Waals surface area (Å²) in [6, 6.07) is 1.15. The highest BCUT2D eigenvalue weighted by molar-refractivity contribution is 6.00. The summed E-state index contributed by atoms with van der Waals surface area (Å²) >= 11 is 0. The van der Waals surface area contributed by atoms with Gasteiger partial charge in [-0.1, -0.05) is 12.8 Å². The second-order valence-corrected chi connectivity index (χ2v) is 9.76. The fourth-order valence-electron chi connectivity index (χ4n) is 5.39. The number of carbonyl (C=O) groups excluding carboxylic acids is 2. The Balaban J connectivity index is 1.51. The number of halogens is 2. The second kappa shape index (κ2) is 10.1. The van der Waals surface area contributed by atoms with Crippen LogP contribution in [-0.2, 0) is 9.53 Å². The molecule has 0 unspecified atom stereocenters. The molecule has 1 saturated heterocycles. The Morgan fingerprint density at radius 3 is 2.68 bits per heavy atom. The molecule has 2 aromatic rings. The summed E-state index contributed by atoms with van der Waals surface area (Å²) in [5, 5.41) is 10.5. The van der Waals surface area contributed by atoms with Crippen molar-refractivity contribution in [3.05, 3.63) is 34.5 Å². The largest absolute Gasteiger partial charge is 0.383 e. The molecule has 2 aliphatic heterocycles. The van der Waals surface area contributed by atoms with Gasteiger partial charge in [-0.3, -0.25) is 9.59 Å². The number of primary amides is 1. The summed E-state index contributed by atoms with van der Waals surface area (Å²) in [5.74, 6) is 3.19. The molecular weight excluding hydrogens is 496 g/mol. The van der Waals surface area contributed by atoms with E-state index in [0.717, 1.165) is 12.8 Å². The van der Waals surface area contributed by atoms with Crippen LogP contribution in [0.5, 0.6) is 0 Å². The third-order valence-electron chi connectivity index (χ3n) is 7.34. The number of anilines is 3. The quantitative estimate of drug-likeness (QED) is 0.473. The van der Waals surface area contributed by atoms with Gasteiger partial charge in [0, 0.05) is 39.2 Å². The van der Waals surface area contributed by atoms with Crippen LogP contribution in [0.4, 0.5) is 26.0 Å². The zero-order valence-electron chi connectivity index (χ0n) is 21.6. The third-order valence-corrected chi connectivity index (χ3v) is 7.34. The van der Waals surface area contributed by atoms with Gasteiger partial charge in [0.2, 0.25) is 5.91 Å². The number of nitrogens with one attached hydrogen (secondary N) is 2. The average Bonchev–Trinajstić information content (AvgIpc) is 3.33. The van der Waals surface area contributed by atoms with Gasteiger partial charge in [0.1, 0.15) is 17.2 Å². The van der Waals surface area contributed by atoms with Crippen LogP contribution in [0.25, 0.3) is 0 Å². The number of nitrogens with two attached hydrogens (primary N) is 1. The molecule has 1 aromatic heterocycles. The number of fused-ring (bicyclic) bond motifs is 1. The minimum absolute atomic E-state index is 0.00252. The van der Waals surface area contributed by atoms with Crippen LogP contribution in [0.1, 0.15) is 60.3 Å². The molecule has 1 aliphatic carbocycles. The number of methoxy groups -OCH3 is 1. The topological polar surface area (TPSA) is 118 Å². The predicted molar refractivity (Wildman–Crippen MR) is 138 cm³/mol. The lowest BCUT2D eigenvalue weighted by atomic mass is 10.1. The van der Waals surface area contributed by atoms with Gasteiger partial charge in [0.25, 0.3) is 5.91 Å². The Labute approximate surface area is 219 Å². The smallest absolute Gasteiger partial charge is 0.255 e. The fraction of sp³-hybridized carbons (Fsp3) is 0.500. The fourth-order valence-corrected chi connectivity index (χ4v) is 5.39. The maximum atomic E-state index is 15.3. The highest BCUT2D eigenvalue weighted by Crippen LogP contribution is 2.42. The van der Waals surface area contributed by atoms with Gasteiger partial charge in [-0.15, -0.1) is 0 Å². The Morgan fingerprint density at radius 1 is 1.29 bits per heavy atom. The SMILES string of the molecule is CCC(=O)N1C[C@@H](n2nc(C#Cc3c(F)cc4c(c3F)NCN4C3CC3)c(C(N)=O)c2NC)C[C@@H]1COC. The third kappa shape index (κ3) is 4.41. The van der Waals surface area contributed by atoms with Gasteiger partial charge in [0.05, 0.1) is 42.3 Å². The Bertz CT molecular complexity index is 1340. The van der Waals surface area contributed by atoms with Crippen molar-refractivity contribution in [2.75, 3.05) is 49.5 Å². The van der Waals surface area contributed by atoms with Crippen molar-refractivity contribution in [3.63, 3.8) is 0 Å². The van der Waals surface area contributed by atoms with Crippen molar-refractivity contribution < 1.29 is 23.1 Å². The Kier molecular flexibility index (Phi) is 6.88. The molecule has 3 heterocycles. The molecule has 3 aliphatic rings. The van der Waals surface area contributed by atoms with E-state index in [0.29, 0.717) is 50.2 Å². The molecular formula is C26H31F2N7O3. The minimum Gasteiger partial charge on any atom is -0.383 e. The zero-order valence-corrected chi connectivity index (χ0v) is 21.6. The number of rotatable bonds is 7. The van der Waals surface area contributed by atoms with Crippen LogP contribution < -0.4 is 21.3 Å². The molecule has 1 aromatic carbocycles. The monoisotopic (exact) mass is 527 g/mol. The van der Waals surface area contributed by atoms with Crippen molar-refractivity contribution >= 4 is 29.0 Å². The highest BCUT2D eigenvalue weighted by Gasteiger charge is 2.38. The predicted octanol–water partition coefficient (Wildman–Crippen LogP) is 2.25. The number of hydrogen-bond donors (Lipinski definition) is 3. The first-order valence-electron chi connectivity index (χ1n) is 12.7. The molecule has 2 atom stereocenters. The first kappa shape index (κ1) is 25.8. The molecule has 10 nitrogen and oxygen atoms in total. The van der Waals surface area contributed by atoms with Crippen LogP contribution >= 0.6 is 0 Å². The van der Waals surface area contributed by atoms with E-state index in [1.165, 1.54) is 6.07 Å². The van der Waals surface area contributed by atoms with E-state index in [1.54, 1.807) is 30.7 Å². The first-order chi connectivity index (χ1) is 18.3. The standard InChI is InChI=1S/C26H31F2N7O3/c1-4-21(36)33-11-15(9-16(33)12-38-3)35-26(30-2)22(25(29)37)19(32-35)8-7-17-18(27)10-20-24(23(17)28)31-13-34(20)14-5-6-14/h10,14-16,30-31H,4-6,9,11-13H2,1-3H3,(H2,29,37)/t15-,16+/m0/s1. The number of likely N-dealkylation sites (tertiary alicyclic amines) is 1. The van der Waals surface area contributed by atoms with Gasteiger partial charge >= 0.3 is 0 Å². The lowest BCUT2D eigenvalue weighted by Gasteiger charge is -2.23. The number of aromatic nitrogens is 2. The van der Waals surface area contributed by atoms with Gasteiger partial charge in [0.15, 0.2) is 11.5 Å². The van der Waals surface area contributed by atoms with Crippen LogP contribution in [0.2, 0.25) is 0 Å². The Hall–Kier alpha value is -3.85. The molecule has 0 radical (unpaired) electrons. The maximum Gasteiger partial charge on any atom is 0.255 e. The Morgan fingerprint density at radius 2 is 2.05 bits per heavy atom. The summed E-state index contributed by atoms with van der Waals surface area (Å²) in [5.41, 5.74) is 5.99. The van der Waals surface area contributed by atoms with E-state index in [-0.39, 0.29) is 34.9 Å². The van der Waals surface area contributed by atoms with E-state index in [1.807, 2.05) is 4.90 Å². The van der Waals surface area contributed by atoms with Gasteiger partial charge in [-0.05, 0) is 25.2 Å². The summed E-state index contributed by atoms with van der Waals surface area (Å²) < 4.78 is 37.2. The van der Waals surface area contributed by atoms with Crippen LogP contribution in [0.15, 0.2) is 6.07 Å². The minimum atomic E-state index is -0.788. The molecule has 202 valence electrons. The molecule has 0 bridgehead atoms. The van der Waals surface area contributed by atoms with E-state index in [9.17, 15) is 9.59 Å². The number of nitrogens with zero attached hydrogens (tertiary/aromatic N) is 4. The molecule has 1 saturated carbocycles. The van der Waals surface area contributed by atoms with Gasteiger partial charge in [-0.2, -0.15) is 5.10 Å². The van der Waals surface area contributed by atoms with Crippen molar-refractivity contribution in [3.8, 4) is 11.8 Å². The lowest BCUT2D eigenvalue weighted by molar-refractivity contribution is -0.132. The number of amides is 2. The van der Waals surface area contributed by atoms with E-state index < -0.39 is 23.1 Å².